The zero-order chi connectivity index (χ0) is 14.5. The SMILES string of the molecule is O=S1(=O)CCC(N(CCO)S(=O)(=O)CCCCCl)C1. The van der Waals surface area contributed by atoms with Crippen LogP contribution in [0.3, 0.4) is 0 Å². The van der Waals surface area contributed by atoms with Crippen LogP contribution in [0.15, 0.2) is 0 Å². The Balaban J connectivity index is 2.76. The molecule has 1 heterocycles. The molecule has 0 aromatic heterocycles. The maximum atomic E-state index is 12.2. The molecular formula is C10H20ClNO5S2. The van der Waals surface area contributed by atoms with Gasteiger partial charge in [0.25, 0.3) is 0 Å². The highest BCUT2D eigenvalue weighted by molar-refractivity contribution is 7.92. The van der Waals surface area contributed by atoms with Crippen LogP contribution in [0.4, 0.5) is 0 Å². The van der Waals surface area contributed by atoms with E-state index in [1.54, 1.807) is 0 Å². The van der Waals surface area contributed by atoms with E-state index in [2.05, 4.69) is 0 Å². The van der Waals surface area contributed by atoms with E-state index in [1.807, 2.05) is 0 Å². The highest BCUT2D eigenvalue weighted by Gasteiger charge is 2.37. The summed E-state index contributed by atoms with van der Waals surface area (Å²) in [5, 5.41) is 8.99. The van der Waals surface area contributed by atoms with Gasteiger partial charge in [0.05, 0.1) is 23.9 Å². The number of alkyl halides is 1. The van der Waals surface area contributed by atoms with Gasteiger partial charge in [-0.15, -0.1) is 11.6 Å². The van der Waals surface area contributed by atoms with Gasteiger partial charge in [-0.1, -0.05) is 0 Å². The van der Waals surface area contributed by atoms with Crippen molar-refractivity contribution in [1.82, 2.24) is 4.31 Å². The summed E-state index contributed by atoms with van der Waals surface area (Å²) < 4.78 is 48.4. The highest BCUT2D eigenvalue weighted by atomic mass is 35.5. The van der Waals surface area contributed by atoms with Crippen molar-refractivity contribution in [3.05, 3.63) is 0 Å². The van der Waals surface area contributed by atoms with E-state index < -0.39 is 25.9 Å². The van der Waals surface area contributed by atoms with Gasteiger partial charge in [-0.3, -0.25) is 0 Å². The first-order valence-corrected chi connectivity index (χ1v) is 10.2. The number of sulfonamides is 1. The molecule has 0 saturated carbocycles. The third kappa shape index (κ3) is 5.18. The normalized spacial score (nSPS) is 23.0. The van der Waals surface area contributed by atoms with Gasteiger partial charge in [0.2, 0.25) is 10.0 Å². The third-order valence-electron chi connectivity index (χ3n) is 3.08. The van der Waals surface area contributed by atoms with Crippen LogP contribution in [0.25, 0.3) is 0 Å². The number of unbranched alkanes of at least 4 members (excludes halogenated alkanes) is 1. The summed E-state index contributed by atoms with van der Waals surface area (Å²) in [4.78, 5) is 0. The summed E-state index contributed by atoms with van der Waals surface area (Å²) in [5.41, 5.74) is 0. The number of halogens is 1. The molecule has 0 aromatic rings. The van der Waals surface area contributed by atoms with Crippen LogP contribution < -0.4 is 0 Å². The van der Waals surface area contributed by atoms with Crippen molar-refractivity contribution in [2.45, 2.75) is 25.3 Å². The van der Waals surface area contributed by atoms with Gasteiger partial charge in [0, 0.05) is 18.5 Å². The first-order valence-electron chi connectivity index (χ1n) is 6.19. The number of aliphatic hydroxyl groups is 1. The fourth-order valence-corrected chi connectivity index (χ4v) is 5.96. The summed E-state index contributed by atoms with van der Waals surface area (Å²) in [6, 6.07) is -0.543. The lowest BCUT2D eigenvalue weighted by Gasteiger charge is -2.26. The fourth-order valence-electron chi connectivity index (χ4n) is 2.15. The van der Waals surface area contributed by atoms with Gasteiger partial charge in [0.15, 0.2) is 9.84 Å². The number of sulfone groups is 1. The topological polar surface area (TPSA) is 91.8 Å². The minimum absolute atomic E-state index is 0.0107. The molecule has 114 valence electrons. The van der Waals surface area contributed by atoms with Crippen LogP contribution in [0, 0.1) is 0 Å². The first-order chi connectivity index (χ1) is 8.82. The highest BCUT2D eigenvalue weighted by Crippen LogP contribution is 2.21. The average Bonchev–Trinajstić information content (AvgIpc) is 2.66. The lowest BCUT2D eigenvalue weighted by molar-refractivity contribution is 0.232. The van der Waals surface area contributed by atoms with Crippen LogP contribution in [-0.2, 0) is 19.9 Å². The van der Waals surface area contributed by atoms with Crippen LogP contribution in [0.5, 0.6) is 0 Å². The van der Waals surface area contributed by atoms with Gasteiger partial charge >= 0.3 is 0 Å². The van der Waals surface area contributed by atoms with Gasteiger partial charge < -0.3 is 5.11 Å². The van der Waals surface area contributed by atoms with Crippen molar-refractivity contribution in [1.29, 1.82) is 0 Å². The number of hydrogen-bond donors (Lipinski definition) is 1. The summed E-state index contributed by atoms with van der Waals surface area (Å²) in [7, 11) is -6.69. The Morgan fingerprint density at radius 3 is 2.47 bits per heavy atom. The van der Waals surface area contributed by atoms with E-state index in [0.717, 1.165) is 4.31 Å². The molecule has 19 heavy (non-hydrogen) atoms. The van der Waals surface area contributed by atoms with Crippen molar-refractivity contribution < 1.29 is 21.9 Å². The standard InChI is InChI=1S/C10H20ClNO5S2/c11-4-1-2-7-19(16,17)12(5-6-13)10-3-8-18(14,15)9-10/h10,13H,1-9H2. The average molecular weight is 334 g/mol. The number of rotatable bonds is 8. The molecule has 1 aliphatic heterocycles. The van der Waals surface area contributed by atoms with Crippen molar-refractivity contribution >= 4 is 31.5 Å². The molecule has 0 spiro atoms. The Morgan fingerprint density at radius 1 is 1.32 bits per heavy atom. The summed E-state index contributed by atoms with van der Waals surface area (Å²) >= 11 is 5.51. The molecule has 1 unspecified atom stereocenters. The maximum Gasteiger partial charge on any atom is 0.214 e. The minimum Gasteiger partial charge on any atom is -0.395 e. The second-order valence-corrected chi connectivity index (χ2v) is 9.25. The third-order valence-corrected chi connectivity index (χ3v) is 7.10. The second kappa shape index (κ2) is 7.21. The van der Waals surface area contributed by atoms with Crippen LogP contribution in [0.1, 0.15) is 19.3 Å². The Labute approximate surface area is 119 Å². The molecule has 1 aliphatic rings. The van der Waals surface area contributed by atoms with E-state index in [1.165, 1.54) is 0 Å². The van der Waals surface area contributed by atoms with Crippen molar-refractivity contribution in [3.63, 3.8) is 0 Å². The molecule has 1 fully saturated rings. The molecule has 1 saturated heterocycles. The molecule has 0 aliphatic carbocycles. The number of aliphatic hydroxyl groups excluding tert-OH is 1. The molecule has 0 amide bonds. The Kier molecular flexibility index (Phi) is 6.52. The van der Waals surface area contributed by atoms with E-state index in [4.69, 9.17) is 16.7 Å². The monoisotopic (exact) mass is 333 g/mol. The smallest absolute Gasteiger partial charge is 0.214 e. The van der Waals surface area contributed by atoms with Crippen molar-refractivity contribution in [2.75, 3.05) is 36.3 Å². The van der Waals surface area contributed by atoms with E-state index >= 15 is 0 Å². The van der Waals surface area contributed by atoms with Gasteiger partial charge in [-0.25, -0.2) is 16.8 Å². The predicted octanol–water partition coefficient (Wildman–Crippen LogP) is -0.183. The Hall–Kier alpha value is 0.110. The van der Waals surface area contributed by atoms with E-state index in [-0.39, 0.29) is 30.4 Å². The molecular weight excluding hydrogens is 314 g/mol. The minimum atomic E-state index is -3.54. The number of hydrogen-bond acceptors (Lipinski definition) is 5. The van der Waals surface area contributed by atoms with Gasteiger partial charge in [-0.05, 0) is 19.3 Å². The predicted molar refractivity (Wildman–Crippen MR) is 74.6 cm³/mol. The van der Waals surface area contributed by atoms with Crippen molar-refractivity contribution in [3.8, 4) is 0 Å². The van der Waals surface area contributed by atoms with Crippen LogP contribution >= 0.6 is 11.6 Å². The van der Waals surface area contributed by atoms with E-state index in [9.17, 15) is 16.8 Å². The summed E-state index contributed by atoms with van der Waals surface area (Å²) in [6.45, 7) is -0.366. The first kappa shape index (κ1) is 17.2. The van der Waals surface area contributed by atoms with Crippen molar-refractivity contribution in [2.24, 2.45) is 0 Å². The fraction of sp³-hybridized carbons (Fsp3) is 1.00. The number of nitrogens with zero attached hydrogens (tertiary/aromatic N) is 1. The maximum absolute atomic E-state index is 12.2. The zero-order valence-corrected chi connectivity index (χ0v) is 13.1. The molecule has 1 atom stereocenters. The van der Waals surface area contributed by atoms with Crippen LogP contribution in [-0.4, -0.2) is 68.6 Å². The Bertz CT molecular complexity index is 476. The van der Waals surface area contributed by atoms with Crippen LogP contribution in [0.2, 0.25) is 0 Å². The molecule has 0 aromatic carbocycles. The molecule has 1 rings (SSSR count). The molecule has 6 nitrogen and oxygen atoms in total. The largest absolute Gasteiger partial charge is 0.395 e. The summed E-state index contributed by atoms with van der Waals surface area (Å²) in [6.07, 6.45) is 1.33. The van der Waals surface area contributed by atoms with Gasteiger partial charge in [0.1, 0.15) is 0 Å². The lowest BCUT2D eigenvalue weighted by atomic mass is 10.3. The molecule has 0 bridgehead atoms. The summed E-state index contributed by atoms with van der Waals surface area (Å²) in [5.74, 6) is 0.197. The zero-order valence-electron chi connectivity index (χ0n) is 10.7. The van der Waals surface area contributed by atoms with E-state index in [0.29, 0.717) is 25.1 Å². The second-order valence-electron chi connectivity index (χ2n) is 4.60. The quantitative estimate of drug-likeness (QED) is 0.491. The lowest BCUT2D eigenvalue weighted by Crippen LogP contribution is -2.43. The van der Waals surface area contributed by atoms with Gasteiger partial charge in [-0.2, -0.15) is 4.31 Å². The molecule has 1 N–H and O–H groups in total. The Morgan fingerprint density at radius 2 is 2.00 bits per heavy atom. The molecule has 0 radical (unpaired) electrons. The molecule has 9 heteroatoms.